The van der Waals surface area contributed by atoms with Crippen molar-refractivity contribution in [1.29, 1.82) is 0 Å². The first-order chi connectivity index (χ1) is 10.1. The Bertz CT molecular complexity index is 836. The lowest BCUT2D eigenvalue weighted by Crippen LogP contribution is -2.03. The molecule has 106 valence electrons. The summed E-state index contributed by atoms with van der Waals surface area (Å²) in [5, 5.41) is 1.43. The van der Waals surface area contributed by atoms with Crippen LogP contribution in [-0.2, 0) is 6.42 Å². The van der Waals surface area contributed by atoms with E-state index in [1.54, 1.807) is 18.2 Å². The Morgan fingerprint density at radius 3 is 2.71 bits per heavy atom. The number of hydrogen-bond donors (Lipinski definition) is 0. The van der Waals surface area contributed by atoms with Crippen molar-refractivity contribution in [1.82, 2.24) is 0 Å². The number of para-hydroxylation sites is 1. The normalized spacial score (nSPS) is 11.0. The third-order valence-electron chi connectivity index (χ3n) is 3.40. The minimum atomic E-state index is -0.0471. The third kappa shape index (κ3) is 2.52. The highest BCUT2D eigenvalue weighted by atomic mass is 79.9. The van der Waals surface area contributed by atoms with Gasteiger partial charge in [-0.05, 0) is 40.2 Å². The average molecular weight is 364 g/mol. The summed E-state index contributed by atoms with van der Waals surface area (Å²) >= 11 is 9.34. The van der Waals surface area contributed by atoms with Crippen LogP contribution in [0.3, 0.4) is 0 Å². The Morgan fingerprint density at radius 1 is 1.24 bits per heavy atom. The molecule has 3 rings (SSSR count). The smallest absolute Gasteiger partial charge is 0.197 e. The van der Waals surface area contributed by atoms with Crippen LogP contribution < -0.4 is 0 Å². The Morgan fingerprint density at radius 2 is 2.00 bits per heavy atom. The molecular formula is C17H12BrClO2. The second-order valence-electron chi connectivity index (χ2n) is 4.71. The van der Waals surface area contributed by atoms with Gasteiger partial charge in [0.05, 0.1) is 10.6 Å². The molecule has 3 aromatic rings. The quantitative estimate of drug-likeness (QED) is 0.563. The first kappa shape index (κ1) is 14.4. The number of carbonyl (C=O) groups is 1. The molecule has 0 radical (unpaired) electrons. The topological polar surface area (TPSA) is 30.2 Å². The molecule has 2 aromatic carbocycles. The van der Waals surface area contributed by atoms with Crippen LogP contribution in [0.25, 0.3) is 11.0 Å². The summed E-state index contributed by atoms with van der Waals surface area (Å²) in [6.07, 6.45) is 0.671. The van der Waals surface area contributed by atoms with Crippen molar-refractivity contribution in [2.45, 2.75) is 13.3 Å². The maximum Gasteiger partial charge on any atom is 0.197 e. The van der Waals surface area contributed by atoms with Crippen molar-refractivity contribution in [3.8, 4) is 0 Å². The van der Waals surface area contributed by atoms with Crippen LogP contribution in [0.2, 0.25) is 5.02 Å². The van der Waals surface area contributed by atoms with E-state index in [2.05, 4.69) is 15.9 Å². The predicted molar refractivity (Wildman–Crippen MR) is 88.2 cm³/mol. The van der Waals surface area contributed by atoms with E-state index in [0.29, 0.717) is 32.8 Å². The molecule has 4 heteroatoms. The summed E-state index contributed by atoms with van der Waals surface area (Å²) in [6, 6.07) is 12.8. The number of rotatable bonds is 3. The van der Waals surface area contributed by atoms with Gasteiger partial charge in [0.25, 0.3) is 0 Å². The van der Waals surface area contributed by atoms with Gasteiger partial charge in [-0.3, -0.25) is 4.79 Å². The molecule has 0 N–H and O–H groups in total. The molecule has 0 spiro atoms. The Labute approximate surface area is 135 Å². The number of furan rings is 1. The van der Waals surface area contributed by atoms with Crippen molar-refractivity contribution < 1.29 is 9.21 Å². The summed E-state index contributed by atoms with van der Waals surface area (Å²) in [6.45, 7) is 1.98. The van der Waals surface area contributed by atoms with Gasteiger partial charge in [0.1, 0.15) is 11.3 Å². The first-order valence-electron chi connectivity index (χ1n) is 6.62. The Hall–Kier alpha value is -1.58. The van der Waals surface area contributed by atoms with E-state index in [-0.39, 0.29) is 5.78 Å². The molecule has 0 saturated heterocycles. The van der Waals surface area contributed by atoms with Crippen molar-refractivity contribution in [3.63, 3.8) is 0 Å². The molecule has 0 aliphatic heterocycles. The molecule has 2 nitrogen and oxygen atoms in total. The summed E-state index contributed by atoms with van der Waals surface area (Å²) in [4.78, 5) is 12.8. The SMILES string of the molecule is CCc1oc2ccccc2c1C(=O)c1ccc(Cl)c(Br)c1. The number of ketones is 1. The second-order valence-corrected chi connectivity index (χ2v) is 5.97. The molecule has 0 unspecified atom stereocenters. The summed E-state index contributed by atoms with van der Waals surface area (Å²) in [7, 11) is 0. The molecule has 0 fully saturated rings. The van der Waals surface area contributed by atoms with Crippen LogP contribution in [0.5, 0.6) is 0 Å². The van der Waals surface area contributed by atoms with Crippen molar-refractivity contribution in [2.24, 2.45) is 0 Å². The van der Waals surface area contributed by atoms with Gasteiger partial charge < -0.3 is 4.42 Å². The van der Waals surface area contributed by atoms with Crippen LogP contribution >= 0.6 is 27.5 Å². The lowest BCUT2D eigenvalue weighted by Gasteiger charge is -2.03. The minimum absolute atomic E-state index is 0.0471. The number of carbonyl (C=O) groups excluding carboxylic acids is 1. The second kappa shape index (κ2) is 5.66. The summed E-state index contributed by atoms with van der Waals surface area (Å²) in [5.41, 5.74) is 1.97. The maximum absolute atomic E-state index is 12.8. The van der Waals surface area contributed by atoms with Gasteiger partial charge >= 0.3 is 0 Å². The zero-order valence-electron chi connectivity index (χ0n) is 11.3. The van der Waals surface area contributed by atoms with E-state index in [1.807, 2.05) is 31.2 Å². The largest absolute Gasteiger partial charge is 0.460 e. The number of fused-ring (bicyclic) bond motifs is 1. The predicted octanol–water partition coefficient (Wildman–Crippen LogP) is 5.64. The average Bonchev–Trinajstić information content (AvgIpc) is 2.87. The van der Waals surface area contributed by atoms with Gasteiger partial charge in [-0.15, -0.1) is 0 Å². The zero-order chi connectivity index (χ0) is 15.0. The fraction of sp³-hybridized carbons (Fsp3) is 0.118. The van der Waals surface area contributed by atoms with Crippen LogP contribution in [-0.4, -0.2) is 5.78 Å². The highest BCUT2D eigenvalue weighted by Gasteiger charge is 2.21. The molecule has 0 aliphatic rings. The van der Waals surface area contributed by atoms with Crippen molar-refractivity contribution in [3.05, 3.63) is 68.8 Å². The van der Waals surface area contributed by atoms with Crippen LogP contribution in [0, 0.1) is 0 Å². The molecular weight excluding hydrogens is 352 g/mol. The molecule has 0 bridgehead atoms. The van der Waals surface area contributed by atoms with E-state index in [4.69, 9.17) is 16.0 Å². The van der Waals surface area contributed by atoms with E-state index in [1.165, 1.54) is 0 Å². The molecule has 1 heterocycles. The van der Waals surface area contributed by atoms with Gasteiger partial charge in [0, 0.05) is 21.8 Å². The van der Waals surface area contributed by atoms with Gasteiger partial charge in [-0.25, -0.2) is 0 Å². The molecule has 0 atom stereocenters. The van der Waals surface area contributed by atoms with Crippen LogP contribution in [0.4, 0.5) is 0 Å². The molecule has 0 aliphatic carbocycles. The summed E-state index contributed by atoms with van der Waals surface area (Å²) in [5.74, 6) is 0.668. The van der Waals surface area contributed by atoms with Gasteiger partial charge in [0.15, 0.2) is 5.78 Å². The monoisotopic (exact) mass is 362 g/mol. The summed E-state index contributed by atoms with van der Waals surface area (Å²) < 4.78 is 6.50. The lowest BCUT2D eigenvalue weighted by molar-refractivity contribution is 0.103. The highest BCUT2D eigenvalue weighted by Crippen LogP contribution is 2.30. The molecule has 0 amide bonds. The Kier molecular flexibility index (Phi) is 3.87. The van der Waals surface area contributed by atoms with Gasteiger partial charge in [0.2, 0.25) is 0 Å². The van der Waals surface area contributed by atoms with E-state index in [0.717, 1.165) is 11.0 Å². The molecule has 21 heavy (non-hydrogen) atoms. The first-order valence-corrected chi connectivity index (χ1v) is 7.79. The molecule has 0 saturated carbocycles. The van der Waals surface area contributed by atoms with Gasteiger partial charge in [-0.2, -0.15) is 0 Å². The van der Waals surface area contributed by atoms with Crippen LogP contribution in [0.15, 0.2) is 51.4 Å². The van der Waals surface area contributed by atoms with Crippen molar-refractivity contribution >= 4 is 44.3 Å². The fourth-order valence-corrected chi connectivity index (χ4v) is 2.87. The standard InChI is InChI=1S/C17H12BrClO2/c1-2-14-16(11-5-3-4-6-15(11)21-14)17(20)10-7-8-13(19)12(18)9-10/h3-9H,2H2,1H3. The Balaban J connectivity index is 2.18. The maximum atomic E-state index is 12.8. The van der Waals surface area contributed by atoms with E-state index < -0.39 is 0 Å². The molecule has 1 aromatic heterocycles. The number of hydrogen-bond acceptors (Lipinski definition) is 2. The van der Waals surface area contributed by atoms with Gasteiger partial charge in [-0.1, -0.05) is 36.7 Å². The number of benzene rings is 2. The highest BCUT2D eigenvalue weighted by molar-refractivity contribution is 9.10. The van der Waals surface area contributed by atoms with E-state index >= 15 is 0 Å². The van der Waals surface area contributed by atoms with Crippen molar-refractivity contribution in [2.75, 3.05) is 0 Å². The number of halogens is 2. The lowest BCUT2D eigenvalue weighted by atomic mass is 9.99. The zero-order valence-corrected chi connectivity index (χ0v) is 13.7. The van der Waals surface area contributed by atoms with Crippen LogP contribution in [0.1, 0.15) is 28.6 Å². The fourth-order valence-electron chi connectivity index (χ4n) is 2.38. The third-order valence-corrected chi connectivity index (χ3v) is 4.61. The van der Waals surface area contributed by atoms with E-state index in [9.17, 15) is 4.79 Å². The minimum Gasteiger partial charge on any atom is -0.460 e. The number of aryl methyl sites for hydroxylation is 1.